The maximum absolute atomic E-state index is 13.6. The summed E-state index contributed by atoms with van der Waals surface area (Å²) < 4.78 is 1.99. The van der Waals surface area contributed by atoms with Crippen molar-refractivity contribution in [3.8, 4) is 22.6 Å². The topological polar surface area (TPSA) is 59.8 Å². The zero-order valence-corrected chi connectivity index (χ0v) is 17.8. The molecule has 0 saturated carbocycles. The van der Waals surface area contributed by atoms with Crippen LogP contribution in [-0.4, -0.2) is 20.4 Å². The quantitative estimate of drug-likeness (QED) is 0.437. The highest BCUT2D eigenvalue weighted by molar-refractivity contribution is 5.99. The lowest BCUT2D eigenvalue weighted by Crippen LogP contribution is -2.30. The van der Waals surface area contributed by atoms with Gasteiger partial charge in [-0.25, -0.2) is 4.98 Å². The molecule has 0 radical (unpaired) electrons. The predicted molar refractivity (Wildman–Crippen MR) is 124 cm³/mol. The van der Waals surface area contributed by atoms with Gasteiger partial charge < -0.3 is 9.88 Å². The maximum atomic E-state index is 13.6. The third-order valence-electron chi connectivity index (χ3n) is 5.38. The fourth-order valence-electron chi connectivity index (χ4n) is 3.84. The number of imidazole rings is 1. The van der Waals surface area contributed by atoms with Crippen molar-refractivity contribution in [1.82, 2.24) is 19.9 Å². The van der Waals surface area contributed by atoms with E-state index in [0.29, 0.717) is 17.9 Å². The van der Waals surface area contributed by atoms with Crippen molar-refractivity contribution < 1.29 is 4.79 Å². The molecule has 0 aliphatic rings. The van der Waals surface area contributed by atoms with E-state index >= 15 is 0 Å². The minimum absolute atomic E-state index is 0.0733. The second kappa shape index (κ2) is 9.39. The Morgan fingerprint density at radius 3 is 2.23 bits per heavy atom. The van der Waals surface area contributed by atoms with Crippen LogP contribution in [-0.2, 0) is 6.54 Å². The van der Waals surface area contributed by atoms with E-state index in [1.165, 1.54) is 0 Å². The van der Waals surface area contributed by atoms with E-state index in [4.69, 9.17) is 4.98 Å². The first-order valence-corrected chi connectivity index (χ1v) is 10.6. The highest BCUT2D eigenvalue weighted by atomic mass is 16.2. The lowest BCUT2D eigenvalue weighted by molar-refractivity contribution is 0.0927. The van der Waals surface area contributed by atoms with Crippen molar-refractivity contribution in [3.05, 3.63) is 96.4 Å². The molecule has 0 aliphatic heterocycles. The van der Waals surface area contributed by atoms with Crippen molar-refractivity contribution in [1.29, 1.82) is 0 Å². The van der Waals surface area contributed by atoms with Crippen LogP contribution in [0.25, 0.3) is 22.6 Å². The van der Waals surface area contributed by atoms with Crippen molar-refractivity contribution in [2.24, 2.45) is 0 Å². The largest absolute Gasteiger partial charge is 0.344 e. The zero-order valence-electron chi connectivity index (χ0n) is 17.8. The van der Waals surface area contributed by atoms with Crippen molar-refractivity contribution in [3.63, 3.8) is 0 Å². The van der Waals surface area contributed by atoms with Crippen LogP contribution >= 0.6 is 0 Å². The summed E-state index contributed by atoms with van der Waals surface area (Å²) in [6, 6.07) is 23.8. The van der Waals surface area contributed by atoms with Gasteiger partial charge in [-0.15, -0.1) is 0 Å². The molecule has 0 unspecified atom stereocenters. The van der Waals surface area contributed by atoms with Gasteiger partial charge in [-0.1, -0.05) is 67.6 Å². The molecule has 5 nitrogen and oxygen atoms in total. The molecule has 31 heavy (non-hydrogen) atoms. The van der Waals surface area contributed by atoms with Crippen LogP contribution in [0.5, 0.6) is 0 Å². The number of hydrogen-bond donors (Lipinski definition) is 1. The number of amides is 1. The second-order valence-electron chi connectivity index (χ2n) is 7.33. The molecule has 2 aromatic carbocycles. The highest BCUT2D eigenvalue weighted by Crippen LogP contribution is 2.30. The molecule has 0 fully saturated rings. The normalized spacial score (nSPS) is 11.8. The van der Waals surface area contributed by atoms with Crippen LogP contribution in [0.4, 0.5) is 0 Å². The highest BCUT2D eigenvalue weighted by Gasteiger charge is 2.26. The lowest BCUT2D eigenvalue weighted by Gasteiger charge is -2.19. The average molecular weight is 411 g/mol. The molecule has 0 aliphatic carbocycles. The number of nitrogens with one attached hydrogen (secondary N) is 1. The Bertz CT molecular complexity index is 1140. The van der Waals surface area contributed by atoms with Gasteiger partial charge in [0.1, 0.15) is 17.2 Å². The summed E-state index contributed by atoms with van der Waals surface area (Å²) in [6.07, 6.45) is 4.27. The van der Waals surface area contributed by atoms with Crippen molar-refractivity contribution >= 4 is 5.91 Å². The van der Waals surface area contributed by atoms with Gasteiger partial charge in [0, 0.05) is 30.1 Å². The van der Waals surface area contributed by atoms with E-state index in [-0.39, 0.29) is 11.9 Å². The summed E-state index contributed by atoms with van der Waals surface area (Å²) in [5.41, 5.74) is 4.10. The summed E-state index contributed by atoms with van der Waals surface area (Å²) in [6.45, 7) is 4.74. The number of rotatable bonds is 7. The molecule has 2 aromatic heterocycles. The molecule has 2 heterocycles. The summed E-state index contributed by atoms with van der Waals surface area (Å²) >= 11 is 0. The van der Waals surface area contributed by atoms with E-state index in [2.05, 4.69) is 17.2 Å². The van der Waals surface area contributed by atoms with Gasteiger partial charge in [-0.2, -0.15) is 0 Å². The van der Waals surface area contributed by atoms with Crippen LogP contribution in [0.3, 0.4) is 0 Å². The Kier molecular flexibility index (Phi) is 6.22. The Balaban J connectivity index is 1.81. The van der Waals surface area contributed by atoms with Crippen molar-refractivity contribution in [2.45, 2.75) is 32.9 Å². The molecule has 4 aromatic rings. The lowest BCUT2D eigenvalue weighted by atomic mass is 10.0. The Morgan fingerprint density at radius 1 is 0.935 bits per heavy atom. The Morgan fingerprint density at radius 2 is 1.61 bits per heavy atom. The molecule has 4 rings (SSSR count). The van der Waals surface area contributed by atoms with E-state index in [9.17, 15) is 4.79 Å². The smallest absolute Gasteiger partial charge is 0.270 e. The third-order valence-corrected chi connectivity index (χ3v) is 5.38. The molecular formula is C26H26N4O. The number of pyridine rings is 1. The van der Waals surface area contributed by atoms with Gasteiger partial charge >= 0.3 is 0 Å². The first kappa shape index (κ1) is 20.5. The fourth-order valence-corrected chi connectivity index (χ4v) is 3.84. The monoisotopic (exact) mass is 410 g/mol. The number of benzene rings is 2. The predicted octanol–water partition coefficient (Wildman–Crippen LogP) is 5.51. The van der Waals surface area contributed by atoms with E-state index in [1.54, 1.807) is 12.4 Å². The number of nitrogens with zero attached hydrogens (tertiary/aromatic N) is 3. The summed E-state index contributed by atoms with van der Waals surface area (Å²) in [5, 5.41) is 3.23. The summed E-state index contributed by atoms with van der Waals surface area (Å²) in [7, 11) is 0. The van der Waals surface area contributed by atoms with Gasteiger partial charge in [0.15, 0.2) is 0 Å². The SMILES string of the molecule is CC[C@H](NC(=O)c1c(-c2cccnc2)nc(-c2ccccc2)n1CC)c1ccccc1. The van der Waals surface area contributed by atoms with Gasteiger partial charge in [-0.3, -0.25) is 9.78 Å². The first-order chi connectivity index (χ1) is 15.2. The Labute approximate surface area is 182 Å². The van der Waals surface area contributed by atoms with Crippen LogP contribution in [0.2, 0.25) is 0 Å². The van der Waals surface area contributed by atoms with E-state index in [1.807, 2.05) is 84.3 Å². The number of hydrogen-bond acceptors (Lipinski definition) is 3. The summed E-state index contributed by atoms with van der Waals surface area (Å²) in [4.78, 5) is 22.8. The van der Waals surface area contributed by atoms with Gasteiger partial charge in [-0.05, 0) is 31.0 Å². The summed E-state index contributed by atoms with van der Waals surface area (Å²) in [5.74, 6) is 0.644. The minimum Gasteiger partial charge on any atom is -0.344 e. The van der Waals surface area contributed by atoms with Gasteiger partial charge in [0.25, 0.3) is 5.91 Å². The molecular weight excluding hydrogens is 384 g/mol. The molecule has 5 heteroatoms. The third kappa shape index (κ3) is 4.26. The standard InChI is InChI=1S/C26H26N4O/c1-3-22(19-12-7-5-8-13-19)28-26(31)24-23(21-16-11-17-27-18-21)29-25(30(24)4-2)20-14-9-6-10-15-20/h5-18,22H,3-4H2,1-2H3,(H,28,31)/t22-/m0/s1. The number of carbonyl (C=O) groups is 1. The van der Waals surface area contributed by atoms with Crippen LogP contribution in [0, 0.1) is 0 Å². The minimum atomic E-state index is -0.133. The van der Waals surface area contributed by atoms with Gasteiger partial charge in [0.2, 0.25) is 0 Å². The second-order valence-corrected chi connectivity index (χ2v) is 7.33. The molecule has 1 amide bonds. The van der Waals surface area contributed by atoms with E-state index in [0.717, 1.165) is 28.9 Å². The first-order valence-electron chi connectivity index (χ1n) is 10.6. The molecule has 0 bridgehead atoms. The Hall–Kier alpha value is -3.73. The average Bonchev–Trinajstić information content (AvgIpc) is 3.24. The van der Waals surface area contributed by atoms with Crippen LogP contribution in [0.1, 0.15) is 42.4 Å². The number of carbonyl (C=O) groups excluding carboxylic acids is 1. The molecule has 0 spiro atoms. The molecule has 0 saturated heterocycles. The van der Waals surface area contributed by atoms with E-state index < -0.39 is 0 Å². The van der Waals surface area contributed by atoms with Crippen LogP contribution < -0.4 is 5.32 Å². The number of aromatic nitrogens is 3. The zero-order chi connectivity index (χ0) is 21.6. The molecule has 156 valence electrons. The van der Waals surface area contributed by atoms with Crippen LogP contribution in [0.15, 0.2) is 85.2 Å². The van der Waals surface area contributed by atoms with Gasteiger partial charge in [0.05, 0.1) is 6.04 Å². The maximum Gasteiger partial charge on any atom is 0.270 e. The van der Waals surface area contributed by atoms with Crippen molar-refractivity contribution in [2.75, 3.05) is 0 Å². The molecule has 1 atom stereocenters. The fraction of sp³-hybridized carbons (Fsp3) is 0.192. The molecule has 1 N–H and O–H groups in total.